The number of anilines is 1. The smallest absolute Gasteiger partial charge is 0.356 e. The van der Waals surface area contributed by atoms with Crippen molar-refractivity contribution >= 4 is 11.8 Å². The molecule has 0 amide bonds. The van der Waals surface area contributed by atoms with Crippen LogP contribution in [0.4, 0.5) is 5.82 Å². The molecule has 24 heavy (non-hydrogen) atoms. The van der Waals surface area contributed by atoms with Crippen LogP contribution in [0.1, 0.15) is 34.9 Å². The number of aromatic carboxylic acids is 1. The zero-order valence-electron chi connectivity index (χ0n) is 13.0. The molecule has 1 fully saturated rings. The summed E-state index contributed by atoms with van der Waals surface area (Å²) in [6, 6.07) is 6.19. The number of hydrogen-bond donors (Lipinski definition) is 1. The van der Waals surface area contributed by atoms with Crippen molar-refractivity contribution in [3.8, 4) is 11.5 Å². The molecule has 4 rings (SSSR count). The number of hydrogen-bond acceptors (Lipinski definition) is 6. The van der Waals surface area contributed by atoms with E-state index in [0.717, 1.165) is 36.4 Å². The summed E-state index contributed by atoms with van der Waals surface area (Å²) in [7, 11) is 0. The van der Waals surface area contributed by atoms with Gasteiger partial charge in [0.15, 0.2) is 17.2 Å². The van der Waals surface area contributed by atoms with Crippen LogP contribution in [0.2, 0.25) is 0 Å². The van der Waals surface area contributed by atoms with E-state index < -0.39 is 5.97 Å². The number of fused-ring (bicyclic) bond motifs is 1. The molecule has 2 aliphatic heterocycles. The Morgan fingerprint density at radius 3 is 2.75 bits per heavy atom. The molecule has 2 aromatic rings. The van der Waals surface area contributed by atoms with Crippen LogP contribution < -0.4 is 14.4 Å². The van der Waals surface area contributed by atoms with Crippen LogP contribution in [0.15, 0.2) is 30.6 Å². The van der Waals surface area contributed by atoms with Gasteiger partial charge in [0.25, 0.3) is 0 Å². The predicted octanol–water partition coefficient (Wildman–Crippen LogP) is 2.29. The summed E-state index contributed by atoms with van der Waals surface area (Å²) in [5.41, 5.74) is 1.09. The highest BCUT2D eigenvalue weighted by molar-refractivity contribution is 5.84. The normalized spacial score (nSPS) is 19.3. The van der Waals surface area contributed by atoms with Crippen molar-refractivity contribution in [1.29, 1.82) is 0 Å². The standard InChI is InChI=1S/C17H17N3O4/c21-17(22)12-9-19-16(10-18-12)20-5-1-2-13(20)11-3-4-14-15(8-11)24-7-6-23-14/h3-4,8-10,13H,1-2,5-7H2,(H,21,22). The molecule has 2 aliphatic rings. The first kappa shape index (κ1) is 14.7. The second kappa shape index (κ2) is 5.99. The SMILES string of the molecule is O=C(O)c1cnc(N2CCCC2c2ccc3c(c2)OCCO3)cn1. The van der Waals surface area contributed by atoms with E-state index in [9.17, 15) is 4.79 Å². The van der Waals surface area contributed by atoms with E-state index in [0.29, 0.717) is 19.0 Å². The monoisotopic (exact) mass is 327 g/mol. The number of carbonyl (C=O) groups is 1. The number of aromatic nitrogens is 2. The molecular weight excluding hydrogens is 310 g/mol. The van der Waals surface area contributed by atoms with Gasteiger partial charge in [-0.2, -0.15) is 0 Å². The summed E-state index contributed by atoms with van der Waals surface area (Å²) in [5, 5.41) is 8.94. The van der Waals surface area contributed by atoms with Gasteiger partial charge in [-0.1, -0.05) is 6.07 Å². The minimum Gasteiger partial charge on any atom is -0.486 e. The van der Waals surface area contributed by atoms with Crippen LogP contribution in [0.3, 0.4) is 0 Å². The quantitative estimate of drug-likeness (QED) is 0.925. The van der Waals surface area contributed by atoms with Crippen molar-refractivity contribution in [2.45, 2.75) is 18.9 Å². The number of carboxylic acids is 1. The summed E-state index contributed by atoms with van der Waals surface area (Å²) < 4.78 is 11.2. The lowest BCUT2D eigenvalue weighted by Gasteiger charge is -2.27. The summed E-state index contributed by atoms with van der Waals surface area (Å²) in [6.07, 6.45) is 4.88. The maximum absolute atomic E-state index is 10.9. The molecule has 7 heteroatoms. The minimum atomic E-state index is -1.07. The summed E-state index contributed by atoms with van der Waals surface area (Å²) >= 11 is 0. The van der Waals surface area contributed by atoms with Crippen LogP contribution in [0, 0.1) is 0 Å². The minimum absolute atomic E-state index is 0.0474. The third-order valence-electron chi connectivity index (χ3n) is 4.36. The number of carboxylic acid groups (broad SMARTS) is 1. The molecule has 3 heterocycles. The summed E-state index contributed by atoms with van der Waals surface area (Å²) in [4.78, 5) is 21.3. The van der Waals surface area contributed by atoms with Gasteiger partial charge in [-0.3, -0.25) is 0 Å². The topological polar surface area (TPSA) is 84.8 Å². The van der Waals surface area contributed by atoms with Crippen LogP contribution in [0.25, 0.3) is 0 Å². The molecule has 1 saturated heterocycles. The van der Waals surface area contributed by atoms with Crippen molar-refractivity contribution in [3.05, 3.63) is 41.9 Å². The molecule has 7 nitrogen and oxygen atoms in total. The first-order valence-corrected chi connectivity index (χ1v) is 7.94. The fourth-order valence-electron chi connectivity index (χ4n) is 3.23. The first-order valence-electron chi connectivity index (χ1n) is 7.94. The second-order valence-electron chi connectivity index (χ2n) is 5.82. The van der Waals surface area contributed by atoms with Gasteiger partial charge in [0.2, 0.25) is 0 Å². The molecule has 1 N–H and O–H groups in total. The Balaban J connectivity index is 1.61. The lowest BCUT2D eigenvalue weighted by atomic mass is 10.0. The highest BCUT2D eigenvalue weighted by atomic mass is 16.6. The van der Waals surface area contributed by atoms with E-state index in [4.69, 9.17) is 14.6 Å². The van der Waals surface area contributed by atoms with Gasteiger partial charge >= 0.3 is 5.97 Å². The van der Waals surface area contributed by atoms with Crippen molar-refractivity contribution in [2.75, 3.05) is 24.7 Å². The first-order chi connectivity index (χ1) is 11.7. The van der Waals surface area contributed by atoms with Crippen molar-refractivity contribution < 1.29 is 19.4 Å². The zero-order valence-corrected chi connectivity index (χ0v) is 13.0. The van der Waals surface area contributed by atoms with E-state index in [1.807, 2.05) is 12.1 Å². The van der Waals surface area contributed by atoms with E-state index in [1.165, 1.54) is 12.4 Å². The van der Waals surface area contributed by atoms with E-state index in [-0.39, 0.29) is 11.7 Å². The molecule has 1 atom stereocenters. The Morgan fingerprint density at radius 2 is 2.00 bits per heavy atom. The van der Waals surface area contributed by atoms with Crippen molar-refractivity contribution in [1.82, 2.24) is 9.97 Å². The van der Waals surface area contributed by atoms with Crippen LogP contribution in [-0.2, 0) is 0 Å². The number of rotatable bonds is 3. The Morgan fingerprint density at radius 1 is 1.17 bits per heavy atom. The molecule has 1 aromatic heterocycles. The third-order valence-corrected chi connectivity index (χ3v) is 4.36. The van der Waals surface area contributed by atoms with E-state index >= 15 is 0 Å². The molecule has 124 valence electrons. The highest BCUT2D eigenvalue weighted by Gasteiger charge is 2.28. The number of ether oxygens (including phenoxy) is 2. The average Bonchev–Trinajstić information content (AvgIpc) is 3.11. The van der Waals surface area contributed by atoms with Gasteiger partial charge in [-0.05, 0) is 30.5 Å². The molecule has 1 aromatic carbocycles. The molecule has 0 saturated carbocycles. The van der Waals surface area contributed by atoms with Gasteiger partial charge in [0.05, 0.1) is 18.4 Å². The van der Waals surface area contributed by atoms with Gasteiger partial charge in [0.1, 0.15) is 19.0 Å². The van der Waals surface area contributed by atoms with Crippen LogP contribution >= 0.6 is 0 Å². The Labute approximate surface area is 138 Å². The Hall–Kier alpha value is -2.83. The van der Waals surface area contributed by atoms with Gasteiger partial charge < -0.3 is 19.5 Å². The lowest BCUT2D eigenvalue weighted by molar-refractivity contribution is 0.0690. The predicted molar refractivity (Wildman–Crippen MR) is 85.7 cm³/mol. The van der Waals surface area contributed by atoms with Crippen LogP contribution in [0.5, 0.6) is 11.5 Å². The van der Waals surface area contributed by atoms with Gasteiger partial charge in [-0.15, -0.1) is 0 Å². The number of nitrogens with zero attached hydrogens (tertiary/aromatic N) is 3. The Kier molecular flexibility index (Phi) is 3.68. The molecular formula is C17H17N3O4. The summed E-state index contributed by atoms with van der Waals surface area (Å²) in [5.74, 6) is 1.18. The molecule has 0 bridgehead atoms. The molecule has 1 unspecified atom stereocenters. The highest BCUT2D eigenvalue weighted by Crippen LogP contribution is 2.39. The average molecular weight is 327 g/mol. The zero-order chi connectivity index (χ0) is 16.5. The van der Waals surface area contributed by atoms with Crippen molar-refractivity contribution in [2.24, 2.45) is 0 Å². The van der Waals surface area contributed by atoms with Crippen LogP contribution in [-0.4, -0.2) is 40.8 Å². The molecule has 0 spiro atoms. The second-order valence-corrected chi connectivity index (χ2v) is 5.82. The third kappa shape index (κ3) is 2.62. The molecule has 0 radical (unpaired) electrons. The Bertz CT molecular complexity index is 763. The fraction of sp³-hybridized carbons (Fsp3) is 0.353. The van der Waals surface area contributed by atoms with E-state index in [2.05, 4.69) is 20.9 Å². The van der Waals surface area contributed by atoms with Gasteiger partial charge in [0, 0.05) is 6.54 Å². The molecule has 0 aliphatic carbocycles. The maximum Gasteiger partial charge on any atom is 0.356 e. The number of benzene rings is 1. The fourth-order valence-corrected chi connectivity index (χ4v) is 3.23. The lowest BCUT2D eigenvalue weighted by Crippen LogP contribution is -2.24. The van der Waals surface area contributed by atoms with Gasteiger partial charge in [-0.25, -0.2) is 14.8 Å². The maximum atomic E-state index is 10.9. The van der Waals surface area contributed by atoms with Crippen molar-refractivity contribution in [3.63, 3.8) is 0 Å². The summed E-state index contributed by atoms with van der Waals surface area (Å²) in [6.45, 7) is 2.00. The largest absolute Gasteiger partial charge is 0.486 e. The van der Waals surface area contributed by atoms with E-state index in [1.54, 1.807) is 0 Å².